The first-order valence-electron chi connectivity index (χ1n) is 14.5. The van der Waals surface area contributed by atoms with Crippen LogP contribution in [0.4, 0.5) is 10.5 Å². The molecule has 1 saturated carbocycles. The third kappa shape index (κ3) is 7.90. The van der Waals surface area contributed by atoms with Gasteiger partial charge in [0.25, 0.3) is 5.91 Å². The van der Waals surface area contributed by atoms with Gasteiger partial charge >= 0.3 is 6.09 Å². The molecule has 1 fully saturated rings. The van der Waals surface area contributed by atoms with Crippen LogP contribution in [0, 0.1) is 25.7 Å². The molecule has 1 aromatic heterocycles. The number of methoxy groups -OCH3 is 1. The van der Waals surface area contributed by atoms with Crippen molar-refractivity contribution in [1.82, 2.24) is 15.1 Å². The molecule has 1 atom stereocenters. The van der Waals surface area contributed by atoms with Crippen LogP contribution in [0.3, 0.4) is 0 Å². The first-order chi connectivity index (χ1) is 19.4. The molecule has 1 aliphatic carbocycles. The standard InChI is InChI=1S/C33H44N4O4/c1-21-8-12-26(13-9-21)30(41-32(39)35-33(4,5)6)31(38)34-27-16-14-25(15-17-27)29-22(2)36-37(23(29)3)20-24-10-18-28(40-7)19-11-24/h10-11,14-19,21,26,30H,8-9,12-13,20H2,1-7H3,(H,34,38)(H,35,39). The Morgan fingerprint density at radius 3 is 2.22 bits per heavy atom. The Hall–Kier alpha value is -3.81. The zero-order valence-corrected chi connectivity index (χ0v) is 25.4. The van der Waals surface area contributed by atoms with Crippen LogP contribution in [0.15, 0.2) is 48.5 Å². The Labute approximate surface area is 243 Å². The zero-order valence-electron chi connectivity index (χ0n) is 25.4. The molecule has 0 bridgehead atoms. The second kappa shape index (κ2) is 12.8. The van der Waals surface area contributed by atoms with E-state index in [-0.39, 0.29) is 11.8 Å². The van der Waals surface area contributed by atoms with Crippen LogP contribution in [0.25, 0.3) is 11.1 Å². The maximum atomic E-state index is 13.4. The predicted molar refractivity (Wildman–Crippen MR) is 162 cm³/mol. The number of ether oxygens (including phenoxy) is 2. The summed E-state index contributed by atoms with van der Waals surface area (Å²) in [6.45, 7) is 12.6. The zero-order chi connectivity index (χ0) is 29.7. The van der Waals surface area contributed by atoms with Gasteiger partial charge in [0.15, 0.2) is 6.10 Å². The maximum Gasteiger partial charge on any atom is 0.408 e. The highest BCUT2D eigenvalue weighted by Gasteiger charge is 2.35. The van der Waals surface area contributed by atoms with E-state index in [2.05, 4.69) is 24.5 Å². The number of carbonyl (C=O) groups is 2. The first-order valence-corrected chi connectivity index (χ1v) is 14.5. The largest absolute Gasteiger partial charge is 0.497 e. The number of anilines is 1. The Bertz CT molecular complexity index is 1330. The lowest BCUT2D eigenvalue weighted by molar-refractivity contribution is -0.127. The molecule has 2 aromatic carbocycles. The van der Waals surface area contributed by atoms with Crippen molar-refractivity contribution in [3.63, 3.8) is 0 Å². The van der Waals surface area contributed by atoms with Crippen LogP contribution >= 0.6 is 0 Å². The fourth-order valence-corrected chi connectivity index (χ4v) is 5.51. The van der Waals surface area contributed by atoms with E-state index < -0.39 is 17.7 Å². The van der Waals surface area contributed by atoms with E-state index in [0.29, 0.717) is 18.2 Å². The number of carbonyl (C=O) groups excluding carboxylic acids is 2. The molecule has 2 amide bonds. The van der Waals surface area contributed by atoms with E-state index in [1.54, 1.807) is 7.11 Å². The number of amides is 2. The predicted octanol–water partition coefficient (Wildman–Crippen LogP) is 6.88. The molecule has 8 heteroatoms. The van der Waals surface area contributed by atoms with Crippen molar-refractivity contribution in [2.45, 2.75) is 85.4 Å². The molecular formula is C33H44N4O4. The number of nitrogens with zero attached hydrogens (tertiary/aromatic N) is 2. The van der Waals surface area contributed by atoms with Gasteiger partial charge in [-0.15, -0.1) is 0 Å². The molecule has 220 valence electrons. The van der Waals surface area contributed by atoms with Crippen molar-refractivity contribution in [2.24, 2.45) is 11.8 Å². The summed E-state index contributed by atoms with van der Waals surface area (Å²) in [6, 6.07) is 15.8. The normalized spacial score (nSPS) is 17.9. The van der Waals surface area contributed by atoms with Crippen molar-refractivity contribution in [3.05, 3.63) is 65.5 Å². The van der Waals surface area contributed by atoms with Gasteiger partial charge in [-0.05, 0) is 88.8 Å². The molecule has 1 unspecified atom stereocenters. The molecule has 8 nitrogen and oxygen atoms in total. The Kier molecular flexibility index (Phi) is 9.41. The van der Waals surface area contributed by atoms with E-state index in [1.807, 2.05) is 80.9 Å². The van der Waals surface area contributed by atoms with E-state index in [0.717, 1.165) is 59.5 Å². The van der Waals surface area contributed by atoms with E-state index in [1.165, 1.54) is 0 Å². The van der Waals surface area contributed by atoms with Gasteiger partial charge in [0, 0.05) is 28.4 Å². The molecule has 0 aliphatic heterocycles. The highest BCUT2D eigenvalue weighted by molar-refractivity contribution is 5.95. The summed E-state index contributed by atoms with van der Waals surface area (Å²) in [6.07, 6.45) is 2.37. The molecule has 0 radical (unpaired) electrons. The van der Waals surface area contributed by atoms with Crippen LogP contribution in [0.1, 0.15) is 70.3 Å². The number of aryl methyl sites for hydroxylation is 1. The molecule has 1 heterocycles. The average molecular weight is 561 g/mol. The van der Waals surface area contributed by atoms with Crippen LogP contribution in [-0.4, -0.2) is 40.5 Å². The summed E-state index contributed by atoms with van der Waals surface area (Å²) in [4.78, 5) is 26.1. The van der Waals surface area contributed by atoms with E-state index in [4.69, 9.17) is 14.6 Å². The fourth-order valence-electron chi connectivity index (χ4n) is 5.51. The summed E-state index contributed by atoms with van der Waals surface area (Å²) in [7, 11) is 1.66. The van der Waals surface area contributed by atoms with Gasteiger partial charge in [0.1, 0.15) is 5.75 Å². The molecule has 1 aliphatic rings. The van der Waals surface area contributed by atoms with Gasteiger partial charge in [-0.3, -0.25) is 9.48 Å². The van der Waals surface area contributed by atoms with Crippen LogP contribution in [0.2, 0.25) is 0 Å². The molecule has 2 N–H and O–H groups in total. The van der Waals surface area contributed by atoms with Gasteiger partial charge in [0.05, 0.1) is 19.3 Å². The Morgan fingerprint density at radius 2 is 1.63 bits per heavy atom. The number of hydrogen-bond acceptors (Lipinski definition) is 5. The minimum Gasteiger partial charge on any atom is -0.497 e. The second-order valence-electron chi connectivity index (χ2n) is 12.3. The monoisotopic (exact) mass is 560 g/mol. The number of rotatable bonds is 8. The minimum absolute atomic E-state index is 0.00182. The van der Waals surface area contributed by atoms with E-state index >= 15 is 0 Å². The first kappa shape index (κ1) is 30.2. The Morgan fingerprint density at radius 1 is 1.00 bits per heavy atom. The lowest BCUT2D eigenvalue weighted by Gasteiger charge is -2.32. The van der Waals surface area contributed by atoms with Gasteiger partial charge in [-0.1, -0.05) is 44.0 Å². The molecule has 4 rings (SSSR count). The van der Waals surface area contributed by atoms with Crippen LogP contribution < -0.4 is 15.4 Å². The SMILES string of the molecule is COc1ccc(Cn2nc(C)c(-c3ccc(NC(=O)C(OC(=O)NC(C)(C)C)C4CCC(C)CC4)cc3)c2C)cc1. The van der Waals surface area contributed by atoms with Gasteiger partial charge in [0.2, 0.25) is 0 Å². The highest BCUT2D eigenvalue weighted by atomic mass is 16.6. The third-order valence-electron chi connectivity index (χ3n) is 7.77. The fraction of sp³-hybridized carbons (Fsp3) is 0.485. The van der Waals surface area contributed by atoms with Crippen LogP contribution in [0.5, 0.6) is 5.75 Å². The molecular weight excluding hydrogens is 516 g/mol. The number of hydrogen-bond donors (Lipinski definition) is 2. The lowest BCUT2D eigenvalue weighted by atomic mass is 9.80. The number of alkyl carbamates (subject to hydrolysis) is 1. The summed E-state index contributed by atoms with van der Waals surface area (Å²) in [5, 5.41) is 10.6. The number of benzene rings is 2. The smallest absolute Gasteiger partial charge is 0.408 e. The quantitative estimate of drug-likeness (QED) is 0.313. The average Bonchev–Trinajstić information content (AvgIpc) is 3.20. The summed E-state index contributed by atoms with van der Waals surface area (Å²) >= 11 is 0. The lowest BCUT2D eigenvalue weighted by Crippen LogP contribution is -2.46. The number of nitrogens with one attached hydrogen (secondary N) is 2. The molecule has 41 heavy (non-hydrogen) atoms. The van der Waals surface area contributed by atoms with Gasteiger partial charge < -0.3 is 20.1 Å². The van der Waals surface area contributed by atoms with Crippen molar-refractivity contribution in [3.8, 4) is 16.9 Å². The van der Waals surface area contributed by atoms with E-state index in [9.17, 15) is 9.59 Å². The number of aromatic nitrogens is 2. The van der Waals surface area contributed by atoms with Crippen molar-refractivity contribution in [2.75, 3.05) is 12.4 Å². The van der Waals surface area contributed by atoms with Gasteiger partial charge in [-0.25, -0.2) is 4.79 Å². The summed E-state index contributed by atoms with van der Waals surface area (Å²) in [5.41, 5.74) is 5.46. The van der Waals surface area contributed by atoms with Crippen molar-refractivity contribution in [1.29, 1.82) is 0 Å². The summed E-state index contributed by atoms with van der Waals surface area (Å²) in [5.74, 6) is 1.16. The molecule has 0 saturated heterocycles. The second-order valence-corrected chi connectivity index (χ2v) is 12.3. The van der Waals surface area contributed by atoms with Crippen molar-refractivity contribution >= 4 is 17.7 Å². The van der Waals surface area contributed by atoms with Gasteiger partial charge in [-0.2, -0.15) is 5.10 Å². The molecule has 0 spiro atoms. The maximum absolute atomic E-state index is 13.4. The third-order valence-corrected chi connectivity index (χ3v) is 7.77. The Balaban J connectivity index is 1.47. The van der Waals surface area contributed by atoms with Crippen LogP contribution in [-0.2, 0) is 16.1 Å². The topological polar surface area (TPSA) is 94.5 Å². The molecule has 3 aromatic rings. The van der Waals surface area contributed by atoms with Crippen molar-refractivity contribution < 1.29 is 19.1 Å². The highest BCUT2D eigenvalue weighted by Crippen LogP contribution is 2.33. The summed E-state index contributed by atoms with van der Waals surface area (Å²) < 4.78 is 13.0. The minimum atomic E-state index is -0.842.